The standard InChI is InChI=1S/C20H26N2O3/c1-5-6-15(4)22-19(23)13-25-20(24)18(12-21)11-16-7-9-17(10-8-16)14(2)3/h7-11,14-15H,5-6,13H2,1-4H3,(H,22,23)/b18-11+/t15-/m0/s1. The van der Waals surface area contributed by atoms with Crippen molar-refractivity contribution in [2.75, 3.05) is 6.61 Å². The molecule has 1 N–H and O–H groups in total. The fourth-order valence-corrected chi connectivity index (χ4v) is 2.31. The van der Waals surface area contributed by atoms with Crippen LogP contribution in [-0.4, -0.2) is 24.5 Å². The van der Waals surface area contributed by atoms with Gasteiger partial charge in [-0.25, -0.2) is 4.79 Å². The second kappa shape index (κ2) is 10.3. The largest absolute Gasteiger partial charge is 0.451 e. The lowest BCUT2D eigenvalue weighted by Gasteiger charge is -2.12. The summed E-state index contributed by atoms with van der Waals surface area (Å²) in [6.07, 6.45) is 3.28. The molecular weight excluding hydrogens is 316 g/mol. The van der Waals surface area contributed by atoms with E-state index in [0.717, 1.165) is 18.4 Å². The highest BCUT2D eigenvalue weighted by atomic mass is 16.5. The Morgan fingerprint density at radius 3 is 2.40 bits per heavy atom. The quantitative estimate of drug-likeness (QED) is 0.445. The van der Waals surface area contributed by atoms with Crippen molar-refractivity contribution in [3.05, 3.63) is 41.0 Å². The van der Waals surface area contributed by atoms with Gasteiger partial charge in [-0.1, -0.05) is 51.5 Å². The van der Waals surface area contributed by atoms with E-state index in [-0.39, 0.29) is 17.5 Å². The van der Waals surface area contributed by atoms with Crippen LogP contribution >= 0.6 is 0 Å². The smallest absolute Gasteiger partial charge is 0.349 e. The Morgan fingerprint density at radius 1 is 1.24 bits per heavy atom. The molecule has 0 saturated carbocycles. The minimum Gasteiger partial charge on any atom is -0.451 e. The monoisotopic (exact) mass is 342 g/mol. The first-order chi connectivity index (χ1) is 11.9. The van der Waals surface area contributed by atoms with Crippen LogP contribution in [0.3, 0.4) is 0 Å². The van der Waals surface area contributed by atoms with Crippen LogP contribution in [0.4, 0.5) is 0 Å². The van der Waals surface area contributed by atoms with Crippen LogP contribution in [0.15, 0.2) is 29.8 Å². The van der Waals surface area contributed by atoms with E-state index in [1.165, 1.54) is 11.6 Å². The normalized spacial score (nSPS) is 12.4. The number of amides is 1. The SMILES string of the molecule is CCC[C@H](C)NC(=O)COC(=O)/C(C#N)=C/c1ccc(C(C)C)cc1. The lowest BCUT2D eigenvalue weighted by molar-refractivity contribution is -0.144. The maximum atomic E-state index is 12.0. The molecule has 0 aliphatic carbocycles. The van der Waals surface area contributed by atoms with E-state index in [1.807, 2.05) is 44.2 Å². The zero-order valence-electron chi connectivity index (χ0n) is 15.3. The van der Waals surface area contributed by atoms with Crippen molar-refractivity contribution in [1.29, 1.82) is 5.26 Å². The van der Waals surface area contributed by atoms with Gasteiger partial charge in [0.2, 0.25) is 0 Å². The summed E-state index contributed by atoms with van der Waals surface area (Å²) in [6.45, 7) is 7.72. The van der Waals surface area contributed by atoms with Crippen LogP contribution in [0.25, 0.3) is 6.08 Å². The van der Waals surface area contributed by atoms with Gasteiger partial charge in [-0.05, 0) is 36.5 Å². The number of ether oxygens (including phenoxy) is 1. The summed E-state index contributed by atoms with van der Waals surface area (Å²) in [5, 5.41) is 11.9. The van der Waals surface area contributed by atoms with Gasteiger partial charge in [-0.15, -0.1) is 0 Å². The van der Waals surface area contributed by atoms with Crippen LogP contribution in [0, 0.1) is 11.3 Å². The molecule has 0 fully saturated rings. The second-order valence-electron chi connectivity index (χ2n) is 6.32. The van der Waals surface area contributed by atoms with Crippen molar-refractivity contribution >= 4 is 18.0 Å². The molecule has 1 aromatic carbocycles. The molecule has 1 atom stereocenters. The molecule has 0 aliphatic rings. The first kappa shape index (κ1) is 20.4. The van der Waals surface area contributed by atoms with Gasteiger partial charge in [0.15, 0.2) is 6.61 Å². The summed E-state index contributed by atoms with van der Waals surface area (Å²) in [6, 6.07) is 9.46. The predicted molar refractivity (Wildman–Crippen MR) is 97.6 cm³/mol. The van der Waals surface area contributed by atoms with Crippen LogP contribution in [0.5, 0.6) is 0 Å². The van der Waals surface area contributed by atoms with Crippen molar-refractivity contribution in [1.82, 2.24) is 5.32 Å². The fourth-order valence-electron chi connectivity index (χ4n) is 2.31. The molecule has 0 radical (unpaired) electrons. The van der Waals surface area contributed by atoms with Crippen molar-refractivity contribution < 1.29 is 14.3 Å². The van der Waals surface area contributed by atoms with E-state index in [0.29, 0.717) is 5.92 Å². The van der Waals surface area contributed by atoms with Gasteiger partial charge in [0.1, 0.15) is 11.6 Å². The number of hydrogen-bond donors (Lipinski definition) is 1. The Balaban J connectivity index is 2.65. The molecule has 0 aromatic heterocycles. The van der Waals surface area contributed by atoms with E-state index in [2.05, 4.69) is 19.2 Å². The molecule has 0 bridgehead atoms. The first-order valence-corrected chi connectivity index (χ1v) is 8.55. The van der Waals surface area contributed by atoms with E-state index >= 15 is 0 Å². The number of benzene rings is 1. The Hall–Kier alpha value is -2.61. The average Bonchev–Trinajstić information content (AvgIpc) is 2.58. The van der Waals surface area contributed by atoms with Crippen molar-refractivity contribution in [2.24, 2.45) is 0 Å². The molecule has 134 valence electrons. The highest BCUT2D eigenvalue weighted by Crippen LogP contribution is 2.16. The summed E-state index contributed by atoms with van der Waals surface area (Å²) in [5.74, 6) is -0.756. The Kier molecular flexibility index (Phi) is 8.42. The average molecular weight is 342 g/mol. The molecule has 1 rings (SSSR count). The van der Waals surface area contributed by atoms with Crippen LogP contribution < -0.4 is 5.32 Å². The van der Waals surface area contributed by atoms with Crippen molar-refractivity contribution in [3.8, 4) is 6.07 Å². The molecule has 5 nitrogen and oxygen atoms in total. The van der Waals surface area contributed by atoms with Gasteiger partial charge >= 0.3 is 5.97 Å². The lowest BCUT2D eigenvalue weighted by Crippen LogP contribution is -2.35. The molecule has 0 aliphatic heterocycles. The molecule has 25 heavy (non-hydrogen) atoms. The van der Waals surface area contributed by atoms with Gasteiger partial charge in [0.25, 0.3) is 5.91 Å². The number of carbonyl (C=O) groups excluding carboxylic acids is 2. The maximum absolute atomic E-state index is 12.0. The Labute approximate surface area is 149 Å². The number of esters is 1. The summed E-state index contributed by atoms with van der Waals surface area (Å²) < 4.78 is 4.93. The van der Waals surface area contributed by atoms with E-state index in [4.69, 9.17) is 10.00 Å². The van der Waals surface area contributed by atoms with E-state index in [1.54, 1.807) is 0 Å². The Morgan fingerprint density at radius 2 is 1.88 bits per heavy atom. The molecule has 0 unspecified atom stereocenters. The van der Waals surface area contributed by atoms with Crippen LogP contribution in [0.1, 0.15) is 57.6 Å². The highest BCUT2D eigenvalue weighted by molar-refractivity contribution is 5.98. The van der Waals surface area contributed by atoms with Gasteiger partial charge in [-0.2, -0.15) is 5.26 Å². The summed E-state index contributed by atoms with van der Waals surface area (Å²) >= 11 is 0. The zero-order chi connectivity index (χ0) is 18.8. The molecule has 0 spiro atoms. The number of nitrogens with one attached hydrogen (secondary N) is 1. The summed E-state index contributed by atoms with van der Waals surface area (Å²) in [5.41, 5.74) is 1.78. The Bertz CT molecular complexity index is 655. The minimum atomic E-state index is -0.797. The van der Waals surface area contributed by atoms with E-state index < -0.39 is 12.6 Å². The first-order valence-electron chi connectivity index (χ1n) is 8.55. The molecule has 0 saturated heterocycles. The zero-order valence-corrected chi connectivity index (χ0v) is 15.3. The molecule has 1 amide bonds. The third kappa shape index (κ3) is 7.21. The van der Waals surface area contributed by atoms with Crippen LogP contribution in [0.2, 0.25) is 0 Å². The van der Waals surface area contributed by atoms with Crippen LogP contribution in [-0.2, 0) is 14.3 Å². The third-order valence-corrected chi connectivity index (χ3v) is 3.72. The maximum Gasteiger partial charge on any atom is 0.349 e. The number of carbonyl (C=O) groups is 2. The molecule has 5 heteroatoms. The summed E-state index contributed by atoms with van der Waals surface area (Å²) in [4.78, 5) is 23.7. The number of rotatable bonds is 8. The van der Waals surface area contributed by atoms with Gasteiger partial charge < -0.3 is 10.1 Å². The van der Waals surface area contributed by atoms with Gasteiger partial charge in [0, 0.05) is 6.04 Å². The second-order valence-corrected chi connectivity index (χ2v) is 6.32. The predicted octanol–water partition coefficient (Wildman–Crippen LogP) is 3.56. The number of hydrogen-bond acceptors (Lipinski definition) is 4. The summed E-state index contributed by atoms with van der Waals surface area (Å²) in [7, 11) is 0. The van der Waals surface area contributed by atoms with E-state index in [9.17, 15) is 9.59 Å². The van der Waals surface area contributed by atoms with Gasteiger partial charge in [0.05, 0.1) is 0 Å². The van der Waals surface area contributed by atoms with Crippen molar-refractivity contribution in [2.45, 2.75) is 52.5 Å². The number of nitriles is 1. The topological polar surface area (TPSA) is 79.2 Å². The lowest BCUT2D eigenvalue weighted by atomic mass is 10.0. The van der Waals surface area contributed by atoms with Gasteiger partial charge in [-0.3, -0.25) is 4.79 Å². The molecule has 0 heterocycles. The fraction of sp³-hybridized carbons (Fsp3) is 0.450. The highest BCUT2D eigenvalue weighted by Gasteiger charge is 2.14. The molecule has 1 aromatic rings. The third-order valence-electron chi connectivity index (χ3n) is 3.72. The molecular formula is C20H26N2O3. The minimum absolute atomic E-state index is 0.0293. The number of nitrogens with zero attached hydrogens (tertiary/aromatic N) is 1. The van der Waals surface area contributed by atoms with Crippen molar-refractivity contribution in [3.63, 3.8) is 0 Å².